The lowest BCUT2D eigenvalue weighted by molar-refractivity contribution is 0.103. The number of nitrogens with zero attached hydrogens (tertiary/aromatic N) is 3. The summed E-state index contributed by atoms with van der Waals surface area (Å²) in [4.78, 5) is 15.4. The third-order valence-electron chi connectivity index (χ3n) is 3.16. The molecule has 110 valence electrons. The van der Waals surface area contributed by atoms with Crippen molar-refractivity contribution in [3.05, 3.63) is 62.4 Å². The molecule has 0 aromatic heterocycles. The van der Waals surface area contributed by atoms with Crippen molar-refractivity contribution in [2.45, 2.75) is 0 Å². The van der Waals surface area contributed by atoms with Crippen LogP contribution in [0.2, 0.25) is 0 Å². The number of fused-ring (bicyclic) bond motifs is 1. The molecule has 0 amide bonds. The number of halogens is 1. The number of hydrogen-bond acceptors (Lipinski definition) is 4. The smallest absolute Gasteiger partial charge is 0.193 e. The highest BCUT2D eigenvalue weighted by molar-refractivity contribution is 9.10. The zero-order valence-corrected chi connectivity index (χ0v) is 12.9. The van der Waals surface area contributed by atoms with Gasteiger partial charge in [-0.2, -0.15) is 0 Å². The third-order valence-corrected chi connectivity index (χ3v) is 3.69. The largest absolute Gasteiger partial charge is 0.486 e. The summed E-state index contributed by atoms with van der Waals surface area (Å²) >= 11 is 3.33. The predicted octanol–water partition coefficient (Wildman–Crippen LogP) is 4.39. The van der Waals surface area contributed by atoms with Gasteiger partial charge in [0.05, 0.1) is 5.69 Å². The van der Waals surface area contributed by atoms with Gasteiger partial charge in [0.25, 0.3) is 0 Å². The average molecular weight is 360 g/mol. The molecule has 7 heteroatoms. The Hall–Kier alpha value is -2.50. The minimum atomic E-state index is -0.244. The first-order chi connectivity index (χ1) is 10.7. The van der Waals surface area contributed by atoms with Crippen molar-refractivity contribution >= 4 is 27.4 Å². The molecule has 0 spiro atoms. The summed E-state index contributed by atoms with van der Waals surface area (Å²) in [5.41, 5.74) is 9.70. The van der Waals surface area contributed by atoms with E-state index in [4.69, 9.17) is 15.0 Å². The Bertz CT molecular complexity index is 783. The topological polar surface area (TPSA) is 84.3 Å². The molecule has 1 heterocycles. The van der Waals surface area contributed by atoms with E-state index in [0.717, 1.165) is 4.47 Å². The summed E-state index contributed by atoms with van der Waals surface area (Å²) in [6, 6.07) is 10.0. The Morgan fingerprint density at radius 3 is 2.41 bits per heavy atom. The van der Waals surface area contributed by atoms with E-state index in [1.54, 1.807) is 30.3 Å². The van der Waals surface area contributed by atoms with Crippen LogP contribution in [0.4, 0.5) is 5.69 Å². The van der Waals surface area contributed by atoms with E-state index in [-0.39, 0.29) is 17.0 Å². The second kappa shape index (κ2) is 6.09. The maximum Gasteiger partial charge on any atom is 0.193 e. The van der Waals surface area contributed by atoms with Crippen LogP contribution in [0.15, 0.2) is 46.0 Å². The molecule has 6 nitrogen and oxygen atoms in total. The number of benzene rings is 2. The molecule has 0 aliphatic carbocycles. The van der Waals surface area contributed by atoms with Crippen LogP contribution < -0.4 is 9.47 Å². The van der Waals surface area contributed by atoms with Crippen LogP contribution in [-0.2, 0) is 0 Å². The van der Waals surface area contributed by atoms with Gasteiger partial charge in [-0.25, -0.2) is 0 Å². The van der Waals surface area contributed by atoms with Gasteiger partial charge < -0.3 is 9.47 Å². The Labute approximate surface area is 134 Å². The summed E-state index contributed by atoms with van der Waals surface area (Å²) in [7, 11) is 0. The molecular weight excluding hydrogens is 350 g/mol. The molecule has 0 saturated heterocycles. The minimum absolute atomic E-state index is 0.222. The van der Waals surface area contributed by atoms with E-state index in [0.29, 0.717) is 30.3 Å². The fraction of sp³-hybridized carbons (Fsp3) is 0.133. The van der Waals surface area contributed by atoms with Crippen LogP contribution in [0, 0.1) is 0 Å². The first-order valence-corrected chi connectivity index (χ1v) is 7.27. The van der Waals surface area contributed by atoms with Gasteiger partial charge in [-0.05, 0) is 41.9 Å². The van der Waals surface area contributed by atoms with E-state index >= 15 is 0 Å². The number of carbonyl (C=O) groups excluding carboxylic acids is 1. The number of carbonyl (C=O) groups is 1. The number of hydrogen-bond donors (Lipinski definition) is 0. The van der Waals surface area contributed by atoms with Crippen LogP contribution >= 0.6 is 15.9 Å². The van der Waals surface area contributed by atoms with Gasteiger partial charge in [-0.1, -0.05) is 21.0 Å². The average Bonchev–Trinajstić information content (AvgIpc) is 2.54. The third kappa shape index (κ3) is 2.77. The van der Waals surface area contributed by atoms with E-state index in [1.165, 1.54) is 6.07 Å². The molecule has 0 fully saturated rings. The SMILES string of the molecule is [N-]=[N+]=Nc1cc2c(cc1C(=O)c1ccc(Br)cc1)OCCO2. The van der Waals surface area contributed by atoms with Crippen LogP contribution in [-0.4, -0.2) is 19.0 Å². The van der Waals surface area contributed by atoms with Crippen LogP contribution in [0.1, 0.15) is 15.9 Å². The van der Waals surface area contributed by atoms with Crippen molar-refractivity contribution in [2.75, 3.05) is 13.2 Å². The molecule has 0 atom stereocenters. The molecule has 3 rings (SSSR count). The summed E-state index contributed by atoms with van der Waals surface area (Å²) in [5, 5.41) is 3.59. The molecule has 0 bridgehead atoms. The number of ketones is 1. The Morgan fingerprint density at radius 1 is 1.14 bits per heavy atom. The minimum Gasteiger partial charge on any atom is -0.486 e. The monoisotopic (exact) mass is 359 g/mol. The predicted molar refractivity (Wildman–Crippen MR) is 83.8 cm³/mol. The van der Waals surface area contributed by atoms with Crippen LogP contribution in [0.5, 0.6) is 11.5 Å². The summed E-state index contributed by atoms with van der Waals surface area (Å²) in [5.74, 6) is 0.705. The molecule has 2 aromatic rings. The second-order valence-electron chi connectivity index (χ2n) is 4.54. The lowest BCUT2D eigenvalue weighted by Crippen LogP contribution is -2.16. The van der Waals surface area contributed by atoms with Crippen molar-refractivity contribution in [1.29, 1.82) is 0 Å². The highest BCUT2D eigenvalue weighted by Gasteiger charge is 2.20. The van der Waals surface area contributed by atoms with Gasteiger partial charge in [-0.15, -0.1) is 0 Å². The molecule has 1 aliphatic heterocycles. The van der Waals surface area contributed by atoms with E-state index in [9.17, 15) is 4.79 Å². The zero-order valence-electron chi connectivity index (χ0n) is 11.3. The van der Waals surface area contributed by atoms with Gasteiger partial charge in [0.15, 0.2) is 17.3 Å². The van der Waals surface area contributed by atoms with Crippen LogP contribution in [0.3, 0.4) is 0 Å². The second-order valence-corrected chi connectivity index (χ2v) is 5.45. The van der Waals surface area contributed by atoms with Crippen molar-refractivity contribution in [1.82, 2.24) is 0 Å². The van der Waals surface area contributed by atoms with E-state index in [2.05, 4.69) is 26.0 Å². The molecular formula is C15H10BrN3O3. The fourth-order valence-electron chi connectivity index (χ4n) is 2.15. The molecule has 1 aliphatic rings. The lowest BCUT2D eigenvalue weighted by atomic mass is 10.0. The van der Waals surface area contributed by atoms with Gasteiger partial charge in [0, 0.05) is 20.5 Å². The van der Waals surface area contributed by atoms with Gasteiger partial charge >= 0.3 is 0 Å². The maximum absolute atomic E-state index is 12.6. The fourth-order valence-corrected chi connectivity index (χ4v) is 2.41. The zero-order chi connectivity index (χ0) is 15.5. The number of rotatable bonds is 3. The molecule has 0 saturated carbocycles. The van der Waals surface area contributed by atoms with Crippen molar-refractivity contribution in [2.24, 2.45) is 5.11 Å². The molecule has 0 N–H and O–H groups in total. The van der Waals surface area contributed by atoms with Gasteiger partial charge in [-0.3, -0.25) is 4.79 Å². The van der Waals surface area contributed by atoms with Gasteiger partial charge in [0.1, 0.15) is 13.2 Å². The first kappa shape index (κ1) is 14.4. The van der Waals surface area contributed by atoms with Crippen molar-refractivity contribution in [3.8, 4) is 11.5 Å². The molecule has 0 radical (unpaired) electrons. The molecule has 0 unspecified atom stereocenters. The standard InChI is InChI=1S/C15H10BrN3O3/c16-10-3-1-9(2-4-10)15(20)11-7-13-14(22-6-5-21-13)8-12(11)18-19-17/h1-4,7-8H,5-6H2. The van der Waals surface area contributed by atoms with Crippen molar-refractivity contribution < 1.29 is 14.3 Å². The normalized spacial score (nSPS) is 12.4. The summed E-state index contributed by atoms with van der Waals surface area (Å²) in [6.07, 6.45) is 0. The van der Waals surface area contributed by atoms with Gasteiger partial charge in [0.2, 0.25) is 0 Å². The highest BCUT2D eigenvalue weighted by atomic mass is 79.9. The maximum atomic E-state index is 12.6. The van der Waals surface area contributed by atoms with Crippen LogP contribution in [0.25, 0.3) is 10.4 Å². The van der Waals surface area contributed by atoms with E-state index < -0.39 is 0 Å². The molecule has 22 heavy (non-hydrogen) atoms. The Kier molecular flexibility index (Phi) is 4.00. The van der Waals surface area contributed by atoms with E-state index in [1.807, 2.05) is 0 Å². The number of azide groups is 1. The van der Waals surface area contributed by atoms with Crippen molar-refractivity contribution in [3.63, 3.8) is 0 Å². The highest BCUT2D eigenvalue weighted by Crippen LogP contribution is 2.38. The quantitative estimate of drug-likeness (QED) is 0.352. The summed E-state index contributed by atoms with van der Waals surface area (Å²) < 4.78 is 11.8. The summed E-state index contributed by atoms with van der Waals surface area (Å²) in [6.45, 7) is 0.836. The Balaban J connectivity index is 2.09. The molecule has 2 aromatic carbocycles. The lowest BCUT2D eigenvalue weighted by Gasteiger charge is -2.19. The number of ether oxygens (including phenoxy) is 2. The first-order valence-electron chi connectivity index (χ1n) is 6.48. The Morgan fingerprint density at radius 2 is 1.77 bits per heavy atom.